The van der Waals surface area contributed by atoms with Crippen molar-refractivity contribution in [1.82, 2.24) is 19.0 Å². The number of hydrogen-bond donors (Lipinski definition) is 2. The number of benzene rings is 3. The lowest BCUT2D eigenvalue weighted by atomic mass is 10.2. The Morgan fingerprint density at radius 1 is 0.968 bits per heavy atom. The summed E-state index contributed by atoms with van der Waals surface area (Å²) >= 11 is 6.38. The molecular weight excluding hydrogens is 430 g/mol. The van der Waals surface area contributed by atoms with Gasteiger partial charge >= 0.3 is 0 Å². The zero-order valence-corrected chi connectivity index (χ0v) is 17.9. The molecule has 0 aliphatic rings. The first kappa shape index (κ1) is 19.3. The highest BCUT2D eigenvalue weighted by atomic mass is 32.1. The van der Waals surface area contributed by atoms with Crippen molar-refractivity contribution in [2.24, 2.45) is 0 Å². The Bertz CT molecular complexity index is 1440. The first-order valence-corrected chi connectivity index (χ1v) is 10.5. The molecule has 0 saturated heterocycles. The van der Waals surface area contributed by atoms with Gasteiger partial charge in [-0.3, -0.25) is 10.1 Å². The standard InChI is InChI=1S/C22H15N5O2S2/c1-12-2-9-19-18(10-12)24-21(29-19)13-3-6-15(7-4-13)23-22(30)25-20(28)14-5-8-16-17(11-14)27-31-26-16/h2-11H,1H3,(H2,23,25,28,30). The number of amides is 1. The molecule has 0 saturated carbocycles. The van der Waals surface area contributed by atoms with Crippen LogP contribution in [0.3, 0.4) is 0 Å². The molecular formula is C22H15N5O2S2. The van der Waals surface area contributed by atoms with E-state index in [-0.39, 0.29) is 11.0 Å². The fraction of sp³-hybridized carbons (Fsp3) is 0.0455. The molecule has 0 aliphatic carbocycles. The van der Waals surface area contributed by atoms with Crippen molar-refractivity contribution in [1.29, 1.82) is 0 Å². The molecule has 3 aromatic carbocycles. The largest absolute Gasteiger partial charge is 0.436 e. The lowest BCUT2D eigenvalue weighted by Crippen LogP contribution is -2.34. The number of carbonyl (C=O) groups excluding carboxylic acids is 1. The summed E-state index contributed by atoms with van der Waals surface area (Å²) in [6.07, 6.45) is 0. The molecule has 5 aromatic rings. The molecule has 152 valence electrons. The van der Waals surface area contributed by atoms with Gasteiger partial charge in [0.25, 0.3) is 5.91 Å². The monoisotopic (exact) mass is 445 g/mol. The molecule has 5 rings (SSSR count). The molecule has 0 unspecified atom stereocenters. The van der Waals surface area contributed by atoms with Crippen molar-refractivity contribution >= 4 is 62.8 Å². The van der Waals surface area contributed by atoms with E-state index in [1.165, 1.54) is 0 Å². The lowest BCUT2D eigenvalue weighted by Gasteiger charge is -2.10. The van der Waals surface area contributed by atoms with Gasteiger partial charge in [0.05, 0.1) is 11.7 Å². The van der Waals surface area contributed by atoms with Gasteiger partial charge in [0.15, 0.2) is 10.7 Å². The van der Waals surface area contributed by atoms with E-state index in [4.69, 9.17) is 16.6 Å². The number of thiocarbonyl (C=S) groups is 1. The summed E-state index contributed by atoms with van der Waals surface area (Å²) in [6.45, 7) is 2.02. The van der Waals surface area contributed by atoms with Crippen molar-refractivity contribution in [3.8, 4) is 11.5 Å². The van der Waals surface area contributed by atoms with Crippen LogP contribution < -0.4 is 10.6 Å². The van der Waals surface area contributed by atoms with E-state index in [0.29, 0.717) is 17.0 Å². The molecule has 0 bridgehead atoms. The minimum absolute atomic E-state index is 0.201. The number of anilines is 1. The van der Waals surface area contributed by atoms with Gasteiger partial charge < -0.3 is 9.73 Å². The van der Waals surface area contributed by atoms with Crippen LogP contribution in [0.4, 0.5) is 5.69 Å². The van der Waals surface area contributed by atoms with Gasteiger partial charge in [-0.2, -0.15) is 8.75 Å². The van der Waals surface area contributed by atoms with Crippen LogP contribution in [-0.4, -0.2) is 24.8 Å². The number of hydrogen-bond acceptors (Lipinski definition) is 7. The van der Waals surface area contributed by atoms with Crippen molar-refractivity contribution in [2.75, 3.05) is 5.32 Å². The fourth-order valence-electron chi connectivity index (χ4n) is 3.12. The maximum Gasteiger partial charge on any atom is 0.257 e. The van der Waals surface area contributed by atoms with Crippen molar-refractivity contribution < 1.29 is 9.21 Å². The molecule has 1 amide bonds. The first-order chi connectivity index (χ1) is 15.0. The summed E-state index contributed by atoms with van der Waals surface area (Å²) in [5.74, 6) is 0.237. The van der Waals surface area contributed by atoms with Gasteiger partial charge in [-0.25, -0.2) is 4.98 Å². The van der Waals surface area contributed by atoms with E-state index < -0.39 is 0 Å². The van der Waals surface area contributed by atoms with Crippen LogP contribution in [0.15, 0.2) is 65.1 Å². The Balaban J connectivity index is 1.26. The van der Waals surface area contributed by atoms with Crippen LogP contribution in [0.25, 0.3) is 33.6 Å². The predicted octanol–water partition coefficient (Wildman–Crippen LogP) is 4.93. The van der Waals surface area contributed by atoms with Crippen LogP contribution in [0.1, 0.15) is 15.9 Å². The summed E-state index contributed by atoms with van der Waals surface area (Å²) in [7, 11) is 0. The van der Waals surface area contributed by atoms with Gasteiger partial charge in [-0.1, -0.05) is 6.07 Å². The second kappa shape index (κ2) is 7.86. The number of fused-ring (bicyclic) bond motifs is 2. The highest BCUT2D eigenvalue weighted by Crippen LogP contribution is 2.26. The van der Waals surface area contributed by atoms with Gasteiger partial charge in [-0.15, -0.1) is 0 Å². The molecule has 0 atom stereocenters. The summed E-state index contributed by atoms with van der Waals surface area (Å²) in [5.41, 5.74) is 6.19. The van der Waals surface area contributed by atoms with E-state index in [1.54, 1.807) is 18.2 Å². The number of nitrogens with one attached hydrogen (secondary N) is 2. The summed E-state index contributed by atoms with van der Waals surface area (Å²) in [5, 5.41) is 5.89. The Morgan fingerprint density at radius 2 is 1.77 bits per heavy atom. The molecule has 2 heterocycles. The maximum absolute atomic E-state index is 12.5. The predicted molar refractivity (Wildman–Crippen MR) is 125 cm³/mol. The molecule has 31 heavy (non-hydrogen) atoms. The highest BCUT2D eigenvalue weighted by Gasteiger charge is 2.11. The minimum Gasteiger partial charge on any atom is -0.436 e. The molecule has 2 aromatic heterocycles. The minimum atomic E-state index is -0.314. The molecule has 2 N–H and O–H groups in total. The van der Waals surface area contributed by atoms with E-state index in [2.05, 4.69) is 24.4 Å². The molecule has 7 nitrogen and oxygen atoms in total. The van der Waals surface area contributed by atoms with Crippen LogP contribution in [0.5, 0.6) is 0 Å². The van der Waals surface area contributed by atoms with E-state index >= 15 is 0 Å². The van der Waals surface area contributed by atoms with Gasteiger partial charge in [0.1, 0.15) is 16.6 Å². The van der Waals surface area contributed by atoms with Gasteiger partial charge in [0, 0.05) is 16.8 Å². The van der Waals surface area contributed by atoms with E-state index in [1.807, 2.05) is 49.4 Å². The average molecular weight is 446 g/mol. The topological polar surface area (TPSA) is 92.9 Å². The van der Waals surface area contributed by atoms with Crippen LogP contribution in [-0.2, 0) is 0 Å². The summed E-state index contributed by atoms with van der Waals surface area (Å²) in [6, 6.07) is 18.5. The Morgan fingerprint density at radius 3 is 2.61 bits per heavy atom. The van der Waals surface area contributed by atoms with Crippen LogP contribution in [0, 0.1) is 6.92 Å². The zero-order valence-electron chi connectivity index (χ0n) is 16.2. The third-order valence-corrected chi connectivity index (χ3v) is 5.44. The van der Waals surface area contributed by atoms with Crippen molar-refractivity contribution in [3.63, 3.8) is 0 Å². The smallest absolute Gasteiger partial charge is 0.257 e. The zero-order chi connectivity index (χ0) is 21.4. The summed E-state index contributed by atoms with van der Waals surface area (Å²) in [4.78, 5) is 17.0. The fourth-order valence-corrected chi connectivity index (χ4v) is 3.85. The average Bonchev–Trinajstić information content (AvgIpc) is 3.40. The first-order valence-electron chi connectivity index (χ1n) is 9.37. The van der Waals surface area contributed by atoms with E-state index in [0.717, 1.165) is 45.2 Å². The third kappa shape index (κ3) is 4.00. The second-order valence-corrected chi connectivity index (χ2v) is 7.88. The Hall–Kier alpha value is -3.69. The van der Waals surface area contributed by atoms with Crippen LogP contribution in [0.2, 0.25) is 0 Å². The second-order valence-electron chi connectivity index (χ2n) is 6.94. The molecule has 0 spiro atoms. The van der Waals surface area contributed by atoms with Crippen molar-refractivity contribution in [3.05, 3.63) is 71.8 Å². The maximum atomic E-state index is 12.5. The number of aryl methyl sites for hydroxylation is 1. The number of nitrogens with zero attached hydrogens (tertiary/aromatic N) is 3. The van der Waals surface area contributed by atoms with Gasteiger partial charge in [-0.05, 0) is 79.3 Å². The molecule has 9 heteroatoms. The summed E-state index contributed by atoms with van der Waals surface area (Å²) < 4.78 is 14.1. The lowest BCUT2D eigenvalue weighted by molar-refractivity contribution is 0.0978. The Labute approximate surface area is 186 Å². The highest BCUT2D eigenvalue weighted by molar-refractivity contribution is 7.80. The van der Waals surface area contributed by atoms with Crippen LogP contribution >= 0.6 is 23.9 Å². The third-order valence-electron chi connectivity index (χ3n) is 4.68. The normalized spacial score (nSPS) is 11.0. The Kier molecular flexibility index (Phi) is 4.89. The number of oxazole rings is 1. The van der Waals surface area contributed by atoms with Gasteiger partial charge in [0.2, 0.25) is 5.89 Å². The molecule has 0 aliphatic heterocycles. The molecule has 0 fully saturated rings. The van der Waals surface area contributed by atoms with E-state index in [9.17, 15) is 4.79 Å². The number of rotatable bonds is 3. The number of aromatic nitrogens is 3. The van der Waals surface area contributed by atoms with Crippen molar-refractivity contribution in [2.45, 2.75) is 6.92 Å². The molecule has 0 radical (unpaired) electrons. The quantitative estimate of drug-likeness (QED) is 0.380. The number of carbonyl (C=O) groups is 1. The SMILES string of the molecule is Cc1ccc2oc(-c3ccc(NC(=S)NC(=O)c4ccc5nsnc5c4)cc3)nc2c1.